The topological polar surface area (TPSA) is 168 Å². The van der Waals surface area contributed by atoms with Crippen LogP contribution in [0.4, 0.5) is 4.79 Å². The van der Waals surface area contributed by atoms with Gasteiger partial charge in [-0.25, -0.2) is 13.2 Å². The third kappa shape index (κ3) is 11.6. The molecule has 0 saturated heterocycles. The van der Waals surface area contributed by atoms with Gasteiger partial charge in [-0.1, -0.05) is 92.7 Å². The standard InChI is InChI=1S/C33H42N4O7S/c1-24(2)18-19-37(45(42,43)27-16-10-5-11-17-27)22-30(38)28(20-25-12-6-3-7-13-25)35-32(40)29(21-31(34)39)36-33(41)44-23-26-14-8-4-9-15-26/h3-17,24,28-30,38H,18-23H2,1-2H3,(H2,34,39)(H,35,40)(H,36,41)/t28-,29?,30+/m0/s1. The van der Waals surface area contributed by atoms with E-state index in [9.17, 15) is 27.9 Å². The van der Waals surface area contributed by atoms with Crippen molar-refractivity contribution in [3.63, 3.8) is 0 Å². The molecule has 11 nitrogen and oxygen atoms in total. The van der Waals surface area contributed by atoms with E-state index in [0.717, 1.165) is 11.1 Å². The molecule has 0 aromatic heterocycles. The van der Waals surface area contributed by atoms with Gasteiger partial charge in [-0.2, -0.15) is 4.31 Å². The van der Waals surface area contributed by atoms with Gasteiger partial charge in [0.25, 0.3) is 0 Å². The van der Waals surface area contributed by atoms with E-state index in [4.69, 9.17) is 10.5 Å². The molecule has 5 N–H and O–H groups in total. The van der Waals surface area contributed by atoms with Crippen molar-refractivity contribution in [1.82, 2.24) is 14.9 Å². The fourth-order valence-electron chi connectivity index (χ4n) is 4.54. The summed E-state index contributed by atoms with van der Waals surface area (Å²) in [6.45, 7) is 3.72. The van der Waals surface area contributed by atoms with E-state index in [1.807, 2.05) is 38.1 Å². The van der Waals surface area contributed by atoms with Gasteiger partial charge in [-0.05, 0) is 42.0 Å². The summed E-state index contributed by atoms with van der Waals surface area (Å²) in [4.78, 5) is 38.0. The van der Waals surface area contributed by atoms with E-state index in [2.05, 4.69) is 10.6 Å². The fourth-order valence-corrected chi connectivity index (χ4v) is 6.04. The maximum atomic E-state index is 13.6. The highest BCUT2D eigenvalue weighted by Gasteiger charge is 2.33. The normalized spacial score (nSPS) is 13.5. The molecular weight excluding hydrogens is 596 g/mol. The monoisotopic (exact) mass is 638 g/mol. The summed E-state index contributed by atoms with van der Waals surface area (Å²) in [5, 5.41) is 16.6. The summed E-state index contributed by atoms with van der Waals surface area (Å²) >= 11 is 0. The average Bonchev–Trinajstić information content (AvgIpc) is 3.02. The van der Waals surface area contributed by atoms with Crippen molar-refractivity contribution in [3.05, 3.63) is 102 Å². The lowest BCUT2D eigenvalue weighted by atomic mass is 10.00. The molecule has 0 aliphatic carbocycles. The molecule has 242 valence electrons. The Hall–Kier alpha value is -4.26. The molecule has 3 aromatic carbocycles. The number of primary amides is 1. The van der Waals surface area contributed by atoms with E-state index >= 15 is 0 Å². The third-order valence-electron chi connectivity index (χ3n) is 7.04. The van der Waals surface area contributed by atoms with Crippen molar-refractivity contribution in [1.29, 1.82) is 0 Å². The van der Waals surface area contributed by atoms with Crippen LogP contribution in [0.1, 0.15) is 37.8 Å². The van der Waals surface area contributed by atoms with Crippen molar-refractivity contribution in [2.75, 3.05) is 13.1 Å². The van der Waals surface area contributed by atoms with E-state index in [1.165, 1.54) is 16.4 Å². The van der Waals surface area contributed by atoms with Gasteiger partial charge in [0.15, 0.2) is 0 Å². The maximum Gasteiger partial charge on any atom is 0.408 e. The van der Waals surface area contributed by atoms with Gasteiger partial charge >= 0.3 is 6.09 Å². The minimum atomic E-state index is -3.98. The Kier molecular flexibility index (Phi) is 13.5. The number of amides is 3. The second-order valence-electron chi connectivity index (χ2n) is 11.2. The second kappa shape index (κ2) is 17.3. The highest BCUT2D eigenvalue weighted by Crippen LogP contribution is 2.19. The minimum absolute atomic E-state index is 0.0605. The van der Waals surface area contributed by atoms with Gasteiger partial charge in [0.2, 0.25) is 21.8 Å². The number of nitrogens with two attached hydrogens (primary N) is 1. The van der Waals surface area contributed by atoms with Crippen LogP contribution in [-0.4, -0.2) is 67.0 Å². The third-order valence-corrected chi connectivity index (χ3v) is 8.92. The lowest BCUT2D eigenvalue weighted by molar-refractivity contribution is -0.128. The van der Waals surface area contributed by atoms with E-state index < -0.39 is 52.5 Å². The highest BCUT2D eigenvalue weighted by atomic mass is 32.2. The molecule has 3 aromatic rings. The quantitative estimate of drug-likeness (QED) is 0.176. The molecule has 12 heteroatoms. The summed E-state index contributed by atoms with van der Waals surface area (Å²) in [7, 11) is -3.98. The first-order chi connectivity index (χ1) is 21.5. The van der Waals surface area contributed by atoms with Crippen molar-refractivity contribution in [2.45, 2.75) is 62.8 Å². The number of alkyl carbamates (subject to hydrolysis) is 1. The molecule has 3 atom stereocenters. The number of carbonyl (C=O) groups is 3. The zero-order chi connectivity index (χ0) is 32.8. The second-order valence-corrected chi connectivity index (χ2v) is 13.1. The molecule has 45 heavy (non-hydrogen) atoms. The van der Waals surface area contributed by atoms with Crippen LogP contribution in [0.25, 0.3) is 0 Å². The van der Waals surface area contributed by atoms with Crippen LogP contribution >= 0.6 is 0 Å². The van der Waals surface area contributed by atoms with Gasteiger partial charge in [-0.15, -0.1) is 0 Å². The van der Waals surface area contributed by atoms with E-state index in [1.54, 1.807) is 54.6 Å². The summed E-state index contributed by atoms with van der Waals surface area (Å²) in [6, 6.07) is 23.5. The summed E-state index contributed by atoms with van der Waals surface area (Å²) in [5.41, 5.74) is 6.87. The molecule has 0 saturated carbocycles. The molecule has 0 fully saturated rings. The number of carbonyl (C=O) groups excluding carboxylic acids is 3. The molecule has 0 heterocycles. The van der Waals surface area contributed by atoms with Crippen LogP contribution in [0.3, 0.4) is 0 Å². The van der Waals surface area contributed by atoms with Crippen LogP contribution < -0.4 is 16.4 Å². The van der Waals surface area contributed by atoms with Crippen LogP contribution in [-0.2, 0) is 37.4 Å². The number of sulfonamides is 1. The minimum Gasteiger partial charge on any atom is -0.445 e. The molecule has 0 bridgehead atoms. The Morgan fingerprint density at radius 2 is 1.42 bits per heavy atom. The number of hydrogen-bond donors (Lipinski definition) is 4. The predicted octanol–water partition coefficient (Wildman–Crippen LogP) is 2.98. The number of rotatable bonds is 17. The smallest absolute Gasteiger partial charge is 0.408 e. The largest absolute Gasteiger partial charge is 0.445 e. The number of benzene rings is 3. The van der Waals surface area contributed by atoms with E-state index in [0.29, 0.717) is 6.42 Å². The fraction of sp³-hybridized carbons (Fsp3) is 0.364. The van der Waals surface area contributed by atoms with Gasteiger partial charge in [-0.3, -0.25) is 9.59 Å². The average molecular weight is 639 g/mol. The molecule has 1 unspecified atom stereocenters. The summed E-state index contributed by atoms with van der Waals surface area (Å²) in [6.07, 6.45) is -2.14. The zero-order valence-electron chi connectivity index (χ0n) is 25.5. The van der Waals surface area contributed by atoms with Crippen LogP contribution in [0.2, 0.25) is 0 Å². The first kappa shape index (κ1) is 35.2. The Morgan fingerprint density at radius 3 is 1.98 bits per heavy atom. The number of ether oxygens (including phenoxy) is 1. The lowest BCUT2D eigenvalue weighted by Gasteiger charge is -2.31. The first-order valence-corrected chi connectivity index (χ1v) is 16.2. The van der Waals surface area contributed by atoms with Crippen molar-refractivity contribution in [3.8, 4) is 0 Å². The molecule has 3 amide bonds. The van der Waals surface area contributed by atoms with Crippen LogP contribution in [0.5, 0.6) is 0 Å². The number of hydrogen-bond acceptors (Lipinski definition) is 7. The maximum absolute atomic E-state index is 13.6. The van der Waals surface area contributed by atoms with Gasteiger partial charge < -0.3 is 26.2 Å². The molecule has 3 rings (SSSR count). The highest BCUT2D eigenvalue weighted by molar-refractivity contribution is 7.89. The number of nitrogens with one attached hydrogen (secondary N) is 2. The first-order valence-electron chi connectivity index (χ1n) is 14.8. The lowest BCUT2D eigenvalue weighted by Crippen LogP contribution is -2.56. The van der Waals surface area contributed by atoms with Gasteiger partial charge in [0.05, 0.1) is 23.5 Å². The van der Waals surface area contributed by atoms with Crippen molar-refractivity contribution in [2.24, 2.45) is 11.7 Å². The molecule has 0 aliphatic heterocycles. The van der Waals surface area contributed by atoms with Crippen molar-refractivity contribution >= 4 is 27.9 Å². The summed E-state index contributed by atoms with van der Waals surface area (Å²) in [5.74, 6) is -1.43. The van der Waals surface area contributed by atoms with Crippen LogP contribution in [0.15, 0.2) is 95.9 Å². The summed E-state index contributed by atoms with van der Waals surface area (Å²) < 4.78 is 33.7. The van der Waals surface area contributed by atoms with Crippen LogP contribution in [0, 0.1) is 5.92 Å². The Balaban J connectivity index is 1.82. The number of aliphatic hydroxyl groups is 1. The molecular formula is C33H42N4O7S. The molecule has 0 radical (unpaired) electrons. The number of nitrogens with zero attached hydrogens (tertiary/aromatic N) is 1. The Labute approximate surface area is 264 Å². The van der Waals surface area contributed by atoms with Gasteiger partial charge in [0.1, 0.15) is 12.6 Å². The molecule has 0 aliphatic rings. The number of aliphatic hydroxyl groups excluding tert-OH is 1. The Bertz CT molecular complexity index is 1470. The SMILES string of the molecule is CC(C)CCN(C[C@@H](O)[C@H](Cc1ccccc1)NC(=O)C(CC(N)=O)NC(=O)OCc1ccccc1)S(=O)(=O)c1ccccc1. The van der Waals surface area contributed by atoms with Gasteiger partial charge in [0, 0.05) is 13.1 Å². The van der Waals surface area contributed by atoms with E-state index in [-0.39, 0.29) is 36.9 Å². The van der Waals surface area contributed by atoms with Crippen molar-refractivity contribution < 1.29 is 32.6 Å². The predicted molar refractivity (Wildman–Crippen MR) is 170 cm³/mol. The molecule has 0 spiro atoms. The zero-order valence-corrected chi connectivity index (χ0v) is 26.4. The Morgan fingerprint density at radius 1 is 0.867 bits per heavy atom.